The Labute approximate surface area is 116 Å². The second-order valence-electron chi connectivity index (χ2n) is 4.55. The highest BCUT2D eigenvalue weighted by Gasteiger charge is 2.13. The molecule has 0 saturated carbocycles. The monoisotopic (exact) mass is 267 g/mol. The predicted molar refractivity (Wildman–Crippen MR) is 75.6 cm³/mol. The van der Waals surface area contributed by atoms with Gasteiger partial charge in [0.1, 0.15) is 5.69 Å². The lowest BCUT2D eigenvalue weighted by molar-refractivity contribution is 0.453. The molecule has 0 bridgehead atoms. The molecule has 0 aliphatic rings. The largest absolute Gasteiger partial charge is 0.239 e. The van der Waals surface area contributed by atoms with E-state index >= 15 is 0 Å². The average Bonchev–Trinajstić information content (AvgIpc) is 2.88. The van der Waals surface area contributed by atoms with E-state index in [-0.39, 0.29) is 5.95 Å². The van der Waals surface area contributed by atoms with E-state index in [0.717, 1.165) is 17.5 Å². The maximum Gasteiger partial charge on any atom is 0.239 e. The van der Waals surface area contributed by atoms with Crippen LogP contribution >= 0.6 is 0 Å². The van der Waals surface area contributed by atoms with Gasteiger partial charge < -0.3 is 0 Å². The zero-order valence-electron chi connectivity index (χ0n) is 10.9. The first kappa shape index (κ1) is 12.5. The van der Waals surface area contributed by atoms with Gasteiger partial charge >= 0.3 is 0 Å². The third-order valence-electron chi connectivity index (χ3n) is 3.18. The van der Waals surface area contributed by atoms with E-state index in [1.165, 1.54) is 4.68 Å². The molecule has 0 N–H and O–H groups in total. The van der Waals surface area contributed by atoms with Gasteiger partial charge in [-0.25, -0.2) is 4.68 Å². The Balaban J connectivity index is 1.78. The Morgan fingerprint density at radius 2 is 1.55 bits per heavy atom. The van der Waals surface area contributed by atoms with Crippen molar-refractivity contribution in [1.82, 2.24) is 15.0 Å². The molecule has 0 aliphatic carbocycles. The van der Waals surface area contributed by atoms with E-state index in [0.29, 0.717) is 12.2 Å². The number of hydrogen-bond donors (Lipinski definition) is 0. The topological polar surface area (TPSA) is 30.7 Å². The van der Waals surface area contributed by atoms with Gasteiger partial charge in [-0.05, 0) is 12.0 Å². The van der Waals surface area contributed by atoms with Crippen LogP contribution in [0.25, 0.3) is 11.3 Å². The summed E-state index contributed by atoms with van der Waals surface area (Å²) in [5.41, 5.74) is 2.21. The molecule has 4 heteroatoms. The Morgan fingerprint density at radius 1 is 0.900 bits per heavy atom. The van der Waals surface area contributed by atoms with Crippen molar-refractivity contribution in [2.24, 2.45) is 0 Å². The molecule has 3 rings (SSSR count). The summed E-state index contributed by atoms with van der Waals surface area (Å²) in [5, 5.41) is 7.84. The van der Waals surface area contributed by atoms with Gasteiger partial charge in [-0.15, -0.1) is 5.10 Å². The average molecular weight is 267 g/mol. The summed E-state index contributed by atoms with van der Waals surface area (Å²) in [4.78, 5) is 0. The van der Waals surface area contributed by atoms with Gasteiger partial charge in [-0.3, -0.25) is 0 Å². The van der Waals surface area contributed by atoms with Gasteiger partial charge in [0.05, 0.1) is 0 Å². The summed E-state index contributed by atoms with van der Waals surface area (Å²) in [5.74, 6) is -0.382. The molecule has 1 aromatic heterocycles. The number of nitrogens with zero attached hydrogens (tertiary/aromatic N) is 3. The Bertz CT molecular complexity index is 677. The minimum absolute atomic E-state index is 0.304. The van der Waals surface area contributed by atoms with Crippen LogP contribution in [0, 0.1) is 5.95 Å². The van der Waals surface area contributed by atoms with Crippen LogP contribution in [0.4, 0.5) is 4.39 Å². The molecule has 0 amide bonds. The highest BCUT2D eigenvalue weighted by atomic mass is 19.1. The first-order valence-corrected chi connectivity index (χ1v) is 6.53. The fourth-order valence-electron chi connectivity index (χ4n) is 2.10. The lowest BCUT2D eigenvalue weighted by Crippen LogP contribution is -2.06. The number of rotatable bonds is 4. The minimum Gasteiger partial charge on any atom is -0.218 e. The molecule has 2 aromatic carbocycles. The second kappa shape index (κ2) is 5.65. The van der Waals surface area contributed by atoms with Gasteiger partial charge in [0.25, 0.3) is 0 Å². The van der Waals surface area contributed by atoms with Crippen LogP contribution in [0.3, 0.4) is 0 Å². The van der Waals surface area contributed by atoms with Crippen LogP contribution in [0.2, 0.25) is 0 Å². The molecule has 3 aromatic rings. The molecule has 0 atom stereocenters. The number of aromatic nitrogens is 3. The lowest BCUT2D eigenvalue weighted by atomic mass is 10.1. The van der Waals surface area contributed by atoms with Crippen molar-refractivity contribution in [1.29, 1.82) is 0 Å². The van der Waals surface area contributed by atoms with Crippen LogP contribution in [0.1, 0.15) is 5.56 Å². The van der Waals surface area contributed by atoms with Gasteiger partial charge in [-0.1, -0.05) is 65.9 Å². The third kappa shape index (κ3) is 2.59. The summed E-state index contributed by atoms with van der Waals surface area (Å²) in [6, 6.07) is 19.2. The van der Waals surface area contributed by atoms with E-state index in [1.54, 1.807) is 0 Å². The molecule has 0 saturated heterocycles. The van der Waals surface area contributed by atoms with Crippen LogP contribution in [-0.4, -0.2) is 15.0 Å². The Kier molecular flexibility index (Phi) is 3.54. The van der Waals surface area contributed by atoms with Gasteiger partial charge in [0.15, 0.2) is 0 Å². The van der Waals surface area contributed by atoms with Crippen molar-refractivity contribution in [3.8, 4) is 11.3 Å². The highest BCUT2D eigenvalue weighted by molar-refractivity contribution is 5.57. The van der Waals surface area contributed by atoms with Crippen LogP contribution < -0.4 is 0 Å². The SMILES string of the molecule is Fc1c(-c2ccccc2)nnn1CCc1ccccc1. The molecule has 100 valence electrons. The van der Waals surface area contributed by atoms with Crippen molar-refractivity contribution < 1.29 is 4.39 Å². The molecule has 0 aliphatic heterocycles. The minimum atomic E-state index is -0.382. The molecular weight excluding hydrogens is 253 g/mol. The molecule has 1 heterocycles. The van der Waals surface area contributed by atoms with Crippen LogP contribution in [0.15, 0.2) is 60.7 Å². The van der Waals surface area contributed by atoms with E-state index in [4.69, 9.17) is 0 Å². The van der Waals surface area contributed by atoms with E-state index < -0.39 is 0 Å². The quantitative estimate of drug-likeness (QED) is 0.726. The molecule has 0 fully saturated rings. The smallest absolute Gasteiger partial charge is 0.218 e. The number of halogens is 1. The standard InChI is InChI=1S/C16H14FN3/c17-16-15(14-9-5-2-6-10-14)18-19-20(16)12-11-13-7-3-1-4-8-13/h1-10H,11-12H2. The van der Waals surface area contributed by atoms with Gasteiger partial charge in [-0.2, -0.15) is 4.39 Å². The summed E-state index contributed by atoms with van der Waals surface area (Å²) in [6.07, 6.45) is 0.731. The number of benzene rings is 2. The van der Waals surface area contributed by atoms with E-state index in [2.05, 4.69) is 10.3 Å². The summed E-state index contributed by atoms with van der Waals surface area (Å²) < 4.78 is 15.6. The van der Waals surface area contributed by atoms with E-state index in [1.807, 2.05) is 60.7 Å². The maximum atomic E-state index is 14.3. The van der Waals surface area contributed by atoms with Crippen molar-refractivity contribution >= 4 is 0 Å². The molecule has 20 heavy (non-hydrogen) atoms. The first-order valence-electron chi connectivity index (χ1n) is 6.53. The van der Waals surface area contributed by atoms with Crippen LogP contribution in [-0.2, 0) is 13.0 Å². The molecule has 3 nitrogen and oxygen atoms in total. The highest BCUT2D eigenvalue weighted by Crippen LogP contribution is 2.19. The first-order chi connectivity index (χ1) is 9.84. The number of hydrogen-bond acceptors (Lipinski definition) is 2. The maximum absolute atomic E-state index is 14.3. The number of aryl methyl sites for hydroxylation is 2. The van der Waals surface area contributed by atoms with Crippen molar-refractivity contribution in [2.75, 3.05) is 0 Å². The molecule has 0 spiro atoms. The Hall–Kier alpha value is -2.49. The Morgan fingerprint density at radius 3 is 2.25 bits per heavy atom. The van der Waals surface area contributed by atoms with E-state index in [9.17, 15) is 4.39 Å². The van der Waals surface area contributed by atoms with Crippen molar-refractivity contribution in [2.45, 2.75) is 13.0 Å². The molecular formula is C16H14FN3. The van der Waals surface area contributed by atoms with Crippen LogP contribution in [0.5, 0.6) is 0 Å². The second-order valence-corrected chi connectivity index (χ2v) is 4.55. The third-order valence-corrected chi connectivity index (χ3v) is 3.18. The summed E-state index contributed by atoms with van der Waals surface area (Å²) >= 11 is 0. The molecule has 0 unspecified atom stereocenters. The van der Waals surface area contributed by atoms with Crippen molar-refractivity contribution in [3.05, 3.63) is 72.2 Å². The van der Waals surface area contributed by atoms with Crippen molar-refractivity contribution in [3.63, 3.8) is 0 Å². The zero-order valence-corrected chi connectivity index (χ0v) is 10.9. The lowest BCUT2D eigenvalue weighted by Gasteiger charge is -2.02. The fraction of sp³-hybridized carbons (Fsp3) is 0.125. The molecule has 0 radical (unpaired) electrons. The fourth-order valence-corrected chi connectivity index (χ4v) is 2.10. The van der Waals surface area contributed by atoms with Gasteiger partial charge in [0, 0.05) is 12.1 Å². The summed E-state index contributed by atoms with van der Waals surface area (Å²) in [6.45, 7) is 0.482. The van der Waals surface area contributed by atoms with Gasteiger partial charge in [0.2, 0.25) is 5.95 Å². The zero-order chi connectivity index (χ0) is 13.8. The summed E-state index contributed by atoms with van der Waals surface area (Å²) in [7, 11) is 0. The normalized spacial score (nSPS) is 10.7. The predicted octanol–water partition coefficient (Wildman–Crippen LogP) is 3.33.